The molecular formula is C11H17ClO. The van der Waals surface area contributed by atoms with E-state index in [1.165, 1.54) is 0 Å². The summed E-state index contributed by atoms with van der Waals surface area (Å²) in [6, 6.07) is 0. The third kappa shape index (κ3) is 1.43. The molecule has 2 heteroatoms. The Hall–Kier alpha value is -0.300. The number of alkyl halides is 1. The second-order valence-corrected chi connectivity index (χ2v) is 5.17. The van der Waals surface area contributed by atoms with Gasteiger partial charge in [-0.1, -0.05) is 32.9 Å². The fourth-order valence-electron chi connectivity index (χ4n) is 2.26. The molecule has 0 saturated carbocycles. The van der Waals surface area contributed by atoms with Gasteiger partial charge < -0.3 is 0 Å². The molecule has 0 saturated heterocycles. The van der Waals surface area contributed by atoms with Crippen molar-refractivity contribution < 1.29 is 4.79 Å². The third-order valence-electron chi connectivity index (χ3n) is 3.18. The Morgan fingerprint density at radius 1 is 1.54 bits per heavy atom. The molecule has 1 rings (SSSR count). The Balaban J connectivity index is 3.16. The van der Waals surface area contributed by atoms with E-state index in [0.29, 0.717) is 0 Å². The molecule has 0 amide bonds. The van der Waals surface area contributed by atoms with Crippen LogP contribution in [0.1, 0.15) is 34.1 Å². The average Bonchev–Trinajstić information content (AvgIpc) is 1.99. The summed E-state index contributed by atoms with van der Waals surface area (Å²) in [6.45, 7) is 7.71. The van der Waals surface area contributed by atoms with Crippen LogP contribution in [0.15, 0.2) is 12.2 Å². The quantitative estimate of drug-likeness (QED) is 0.470. The Labute approximate surface area is 85.2 Å². The zero-order chi connectivity index (χ0) is 10.3. The summed E-state index contributed by atoms with van der Waals surface area (Å²) in [6.07, 6.45) is 5.04. The second kappa shape index (κ2) is 3.13. The van der Waals surface area contributed by atoms with E-state index in [0.717, 1.165) is 6.42 Å². The fourth-order valence-corrected chi connectivity index (χ4v) is 2.41. The zero-order valence-corrected chi connectivity index (χ0v) is 9.48. The molecule has 0 spiro atoms. The first-order valence-electron chi connectivity index (χ1n) is 4.69. The first-order valence-corrected chi connectivity index (χ1v) is 5.07. The van der Waals surface area contributed by atoms with Crippen LogP contribution in [-0.4, -0.2) is 10.7 Å². The van der Waals surface area contributed by atoms with Gasteiger partial charge in [0, 0.05) is 5.92 Å². The van der Waals surface area contributed by atoms with E-state index in [-0.39, 0.29) is 17.1 Å². The standard InChI is InChI=1S/C11H17ClO/c1-8-6-5-7-10(3,4)11(8,12)9(2)13/h5-6,8H,7H2,1-4H3/t8-,11+/m1/s1. The van der Waals surface area contributed by atoms with Gasteiger partial charge in [-0.3, -0.25) is 4.79 Å². The lowest BCUT2D eigenvalue weighted by Crippen LogP contribution is -2.51. The molecule has 0 aromatic heterocycles. The van der Waals surface area contributed by atoms with Gasteiger partial charge in [0.15, 0.2) is 5.78 Å². The highest BCUT2D eigenvalue weighted by molar-refractivity contribution is 6.36. The van der Waals surface area contributed by atoms with Crippen LogP contribution in [0.25, 0.3) is 0 Å². The summed E-state index contributed by atoms with van der Waals surface area (Å²) in [5.41, 5.74) is -0.144. The summed E-state index contributed by atoms with van der Waals surface area (Å²) in [5.74, 6) is 0.200. The van der Waals surface area contributed by atoms with Crippen LogP contribution in [-0.2, 0) is 4.79 Å². The molecule has 1 nitrogen and oxygen atoms in total. The Kier molecular flexibility index (Phi) is 2.59. The number of hydrogen-bond donors (Lipinski definition) is 0. The summed E-state index contributed by atoms with van der Waals surface area (Å²) < 4.78 is 0. The lowest BCUT2D eigenvalue weighted by molar-refractivity contribution is -0.123. The predicted molar refractivity (Wildman–Crippen MR) is 56.0 cm³/mol. The van der Waals surface area contributed by atoms with Crippen molar-refractivity contribution in [3.63, 3.8) is 0 Å². The molecule has 1 aliphatic carbocycles. The smallest absolute Gasteiger partial charge is 0.151 e. The van der Waals surface area contributed by atoms with Gasteiger partial charge in [-0.15, -0.1) is 11.6 Å². The highest BCUT2D eigenvalue weighted by Gasteiger charge is 2.51. The number of rotatable bonds is 1. The van der Waals surface area contributed by atoms with Crippen LogP contribution in [0.4, 0.5) is 0 Å². The van der Waals surface area contributed by atoms with Crippen LogP contribution in [0.5, 0.6) is 0 Å². The van der Waals surface area contributed by atoms with E-state index < -0.39 is 4.87 Å². The minimum atomic E-state index is -0.720. The van der Waals surface area contributed by atoms with Gasteiger partial charge in [0.05, 0.1) is 0 Å². The molecule has 0 unspecified atom stereocenters. The van der Waals surface area contributed by atoms with Gasteiger partial charge in [-0.25, -0.2) is 0 Å². The van der Waals surface area contributed by atoms with Crippen molar-refractivity contribution in [3.8, 4) is 0 Å². The van der Waals surface area contributed by atoms with Crippen molar-refractivity contribution in [1.82, 2.24) is 0 Å². The predicted octanol–water partition coefficient (Wildman–Crippen LogP) is 3.18. The first kappa shape index (κ1) is 10.8. The van der Waals surface area contributed by atoms with E-state index >= 15 is 0 Å². The Morgan fingerprint density at radius 3 is 2.38 bits per heavy atom. The highest BCUT2D eigenvalue weighted by Crippen LogP contribution is 2.49. The molecule has 0 aliphatic heterocycles. The average molecular weight is 201 g/mol. The molecule has 2 atom stereocenters. The minimum Gasteiger partial charge on any atom is -0.298 e. The van der Waals surface area contributed by atoms with Crippen molar-refractivity contribution >= 4 is 17.4 Å². The van der Waals surface area contributed by atoms with Crippen LogP contribution < -0.4 is 0 Å². The Bertz CT molecular complexity index is 255. The van der Waals surface area contributed by atoms with E-state index in [4.69, 9.17) is 11.6 Å². The largest absolute Gasteiger partial charge is 0.298 e. The molecule has 0 N–H and O–H groups in total. The molecule has 13 heavy (non-hydrogen) atoms. The maximum absolute atomic E-state index is 11.6. The van der Waals surface area contributed by atoms with E-state index in [1.807, 2.05) is 13.0 Å². The van der Waals surface area contributed by atoms with E-state index in [9.17, 15) is 4.79 Å². The summed E-state index contributed by atoms with van der Waals surface area (Å²) in [4.78, 5) is 10.9. The number of ketones is 1. The van der Waals surface area contributed by atoms with Crippen molar-refractivity contribution in [2.75, 3.05) is 0 Å². The van der Waals surface area contributed by atoms with Gasteiger partial charge in [-0.2, -0.15) is 0 Å². The topological polar surface area (TPSA) is 17.1 Å². The van der Waals surface area contributed by atoms with Gasteiger partial charge in [0.25, 0.3) is 0 Å². The van der Waals surface area contributed by atoms with Crippen molar-refractivity contribution in [2.45, 2.75) is 39.0 Å². The van der Waals surface area contributed by atoms with Crippen LogP contribution in [0.3, 0.4) is 0 Å². The molecule has 0 bridgehead atoms. The monoisotopic (exact) mass is 200 g/mol. The summed E-state index contributed by atoms with van der Waals surface area (Å²) in [7, 11) is 0. The van der Waals surface area contributed by atoms with Crippen molar-refractivity contribution in [3.05, 3.63) is 12.2 Å². The van der Waals surface area contributed by atoms with Gasteiger partial charge in [-0.05, 0) is 18.8 Å². The normalized spacial score (nSPS) is 37.5. The van der Waals surface area contributed by atoms with Gasteiger partial charge >= 0.3 is 0 Å². The van der Waals surface area contributed by atoms with Crippen LogP contribution in [0.2, 0.25) is 0 Å². The lowest BCUT2D eigenvalue weighted by Gasteiger charge is -2.45. The van der Waals surface area contributed by atoms with Crippen molar-refractivity contribution in [2.24, 2.45) is 11.3 Å². The lowest BCUT2D eigenvalue weighted by atomic mass is 9.65. The van der Waals surface area contributed by atoms with E-state index in [2.05, 4.69) is 19.9 Å². The van der Waals surface area contributed by atoms with Crippen molar-refractivity contribution in [1.29, 1.82) is 0 Å². The number of halogens is 1. The Morgan fingerprint density at radius 2 is 2.08 bits per heavy atom. The number of hydrogen-bond acceptors (Lipinski definition) is 1. The summed E-state index contributed by atoms with van der Waals surface area (Å²) >= 11 is 6.45. The number of Topliss-reactive ketones (excluding diaryl/α,β-unsaturated/α-hetero) is 1. The van der Waals surface area contributed by atoms with Gasteiger partial charge in [0.2, 0.25) is 0 Å². The number of carbonyl (C=O) groups excluding carboxylic acids is 1. The summed E-state index contributed by atoms with van der Waals surface area (Å²) in [5, 5.41) is 0. The fraction of sp³-hybridized carbons (Fsp3) is 0.727. The molecule has 0 aromatic rings. The second-order valence-electron chi connectivity index (χ2n) is 4.57. The third-order valence-corrected chi connectivity index (χ3v) is 4.30. The zero-order valence-electron chi connectivity index (χ0n) is 8.73. The number of allylic oxidation sites excluding steroid dienone is 2. The molecule has 0 fully saturated rings. The molecule has 74 valence electrons. The molecule has 0 heterocycles. The molecule has 0 radical (unpaired) electrons. The number of carbonyl (C=O) groups is 1. The maximum atomic E-state index is 11.6. The molecule has 1 aliphatic rings. The molecule has 0 aromatic carbocycles. The van der Waals surface area contributed by atoms with E-state index in [1.54, 1.807) is 6.92 Å². The minimum absolute atomic E-state index is 0.0796. The highest BCUT2D eigenvalue weighted by atomic mass is 35.5. The molecular weight excluding hydrogens is 184 g/mol. The first-order chi connectivity index (χ1) is 5.82. The van der Waals surface area contributed by atoms with Crippen LogP contribution >= 0.6 is 11.6 Å². The van der Waals surface area contributed by atoms with Crippen LogP contribution in [0, 0.1) is 11.3 Å². The van der Waals surface area contributed by atoms with Gasteiger partial charge in [0.1, 0.15) is 4.87 Å². The maximum Gasteiger partial charge on any atom is 0.151 e. The SMILES string of the molecule is CC(=O)[C@@]1(Cl)[C@H](C)C=CCC1(C)C.